The summed E-state index contributed by atoms with van der Waals surface area (Å²) in [4.78, 5) is 12.0. The van der Waals surface area contributed by atoms with Crippen molar-refractivity contribution in [2.45, 2.75) is 46.0 Å². The van der Waals surface area contributed by atoms with E-state index in [2.05, 4.69) is 72.3 Å². The van der Waals surface area contributed by atoms with Gasteiger partial charge in [-0.3, -0.25) is 0 Å². The first kappa shape index (κ1) is 23.5. The third kappa shape index (κ3) is 5.10. The first-order valence-corrected chi connectivity index (χ1v) is 13.1. The van der Waals surface area contributed by atoms with E-state index in [1.165, 1.54) is 29.7 Å². The van der Waals surface area contributed by atoms with Crippen molar-refractivity contribution in [3.8, 4) is 10.6 Å². The molecule has 1 N–H and O–H groups in total. The summed E-state index contributed by atoms with van der Waals surface area (Å²) in [6.07, 6.45) is 4.37. The summed E-state index contributed by atoms with van der Waals surface area (Å²) in [5.74, 6) is 0.793. The zero-order valence-electron chi connectivity index (χ0n) is 20.1. The number of benzene rings is 1. The molecule has 1 aromatic heterocycles. The molecule has 4 rings (SSSR count). The molecule has 2 aliphatic heterocycles. The van der Waals surface area contributed by atoms with E-state index in [0.717, 1.165) is 61.0 Å². The summed E-state index contributed by atoms with van der Waals surface area (Å²) in [6, 6.07) is 4.62. The van der Waals surface area contributed by atoms with Gasteiger partial charge in [0, 0.05) is 56.4 Å². The third-order valence-corrected chi connectivity index (χ3v) is 7.94. The zero-order chi connectivity index (χ0) is 22.9. The van der Waals surface area contributed by atoms with Crippen molar-refractivity contribution in [1.82, 2.24) is 14.8 Å². The average molecular weight is 472 g/mol. The van der Waals surface area contributed by atoms with E-state index in [-0.39, 0.29) is 5.41 Å². The highest BCUT2D eigenvalue weighted by atomic mass is 32.1. The molecule has 5 nitrogen and oxygen atoms in total. The fraction of sp³-hybridized carbons (Fsp3) is 0.600. The number of nitrogens with zero attached hydrogens (tertiary/aromatic N) is 4. The molecule has 3 heterocycles. The number of piperazine rings is 1. The van der Waals surface area contributed by atoms with Gasteiger partial charge in [-0.2, -0.15) is 0 Å². The normalized spacial score (nSPS) is 18.8. The number of thiazole rings is 1. The fourth-order valence-electron chi connectivity index (χ4n) is 4.62. The molecule has 0 amide bonds. The summed E-state index contributed by atoms with van der Waals surface area (Å²) >= 11 is 7.67. The highest BCUT2D eigenvalue weighted by molar-refractivity contribution is 7.80. The third-order valence-electron chi connectivity index (χ3n) is 6.78. The number of likely N-dealkylation sites (N-methyl/N-ethyl adjacent to an activating group) is 1. The van der Waals surface area contributed by atoms with Crippen LogP contribution >= 0.6 is 23.6 Å². The number of hydrogen-bond donors (Lipinski definition) is 1. The first-order valence-electron chi connectivity index (χ1n) is 11.8. The van der Waals surface area contributed by atoms with Gasteiger partial charge in [0.05, 0.1) is 11.4 Å². The molecular weight excluding hydrogens is 434 g/mol. The molecule has 2 aromatic rings. The van der Waals surface area contributed by atoms with E-state index in [0.29, 0.717) is 0 Å². The summed E-state index contributed by atoms with van der Waals surface area (Å²) < 4.78 is 0. The maximum atomic E-state index is 5.96. The van der Waals surface area contributed by atoms with Crippen molar-refractivity contribution in [3.63, 3.8) is 0 Å². The predicted octanol–water partition coefficient (Wildman–Crippen LogP) is 5.29. The lowest BCUT2D eigenvalue weighted by atomic mass is 9.82. The number of nitrogens with one attached hydrogen (secondary N) is 1. The van der Waals surface area contributed by atoms with Crippen LogP contribution in [-0.2, 0) is 5.41 Å². The molecule has 174 valence electrons. The van der Waals surface area contributed by atoms with Crippen LogP contribution in [0.2, 0.25) is 0 Å². The Morgan fingerprint density at radius 2 is 1.78 bits per heavy atom. The number of aromatic nitrogens is 1. The van der Waals surface area contributed by atoms with Gasteiger partial charge in [-0.05, 0) is 55.1 Å². The molecule has 0 radical (unpaired) electrons. The number of thiocarbonyl (C=S) groups is 1. The minimum absolute atomic E-state index is 0.00182. The summed E-state index contributed by atoms with van der Waals surface area (Å²) in [5, 5.41) is 7.69. The fourth-order valence-corrected chi connectivity index (χ4v) is 5.61. The van der Waals surface area contributed by atoms with E-state index < -0.39 is 0 Å². The molecule has 0 aliphatic carbocycles. The Kier molecular flexibility index (Phi) is 7.08. The van der Waals surface area contributed by atoms with Crippen molar-refractivity contribution in [1.29, 1.82) is 0 Å². The minimum atomic E-state index is 0.00182. The van der Waals surface area contributed by atoms with Crippen molar-refractivity contribution < 1.29 is 0 Å². The largest absolute Gasteiger partial charge is 0.370 e. The first-order chi connectivity index (χ1) is 15.2. The van der Waals surface area contributed by atoms with Crippen LogP contribution < -0.4 is 10.2 Å². The summed E-state index contributed by atoms with van der Waals surface area (Å²) in [6.45, 7) is 15.4. The van der Waals surface area contributed by atoms with Gasteiger partial charge in [-0.15, -0.1) is 11.3 Å². The van der Waals surface area contributed by atoms with Gasteiger partial charge in [0.15, 0.2) is 5.11 Å². The van der Waals surface area contributed by atoms with Crippen LogP contribution in [0, 0.1) is 5.92 Å². The lowest BCUT2D eigenvalue weighted by Crippen LogP contribution is -2.48. The number of rotatable bonds is 3. The Hall–Kier alpha value is -1.70. The van der Waals surface area contributed by atoms with Crippen molar-refractivity contribution >= 4 is 40.0 Å². The van der Waals surface area contributed by atoms with Gasteiger partial charge in [0.2, 0.25) is 0 Å². The lowest BCUT2D eigenvalue weighted by molar-refractivity contribution is 0.217. The van der Waals surface area contributed by atoms with Crippen LogP contribution in [0.15, 0.2) is 23.7 Å². The van der Waals surface area contributed by atoms with Gasteiger partial charge < -0.3 is 20.0 Å². The standard InChI is InChI=1S/C25H37N5S2/c1-18-8-11-29(12-9-18)20-7-6-19(25(2,3)4)21(23-26-10-17-32-23)22(20)27-24(31)30-15-13-28(5)14-16-30/h6-7,10,17-18H,8-9,11-16H2,1-5H3,(H,27,31). The molecule has 1 aromatic carbocycles. The van der Waals surface area contributed by atoms with Crippen LogP contribution in [0.1, 0.15) is 46.1 Å². The second-order valence-electron chi connectivity index (χ2n) is 10.4. The quantitative estimate of drug-likeness (QED) is 0.613. The minimum Gasteiger partial charge on any atom is -0.370 e. The highest BCUT2D eigenvalue weighted by Crippen LogP contribution is 2.45. The second kappa shape index (κ2) is 9.65. The van der Waals surface area contributed by atoms with Crippen LogP contribution in [0.4, 0.5) is 11.4 Å². The second-order valence-corrected chi connectivity index (χ2v) is 11.6. The molecule has 2 saturated heterocycles. The zero-order valence-corrected chi connectivity index (χ0v) is 21.8. The van der Waals surface area contributed by atoms with Gasteiger partial charge in [-0.1, -0.05) is 33.8 Å². The van der Waals surface area contributed by atoms with Gasteiger partial charge in [-0.25, -0.2) is 4.98 Å². The van der Waals surface area contributed by atoms with E-state index in [1.54, 1.807) is 11.3 Å². The molecular formula is C25H37N5S2. The van der Waals surface area contributed by atoms with Gasteiger partial charge in [0.25, 0.3) is 0 Å². The van der Waals surface area contributed by atoms with Crippen LogP contribution in [0.5, 0.6) is 0 Å². The van der Waals surface area contributed by atoms with Crippen molar-refractivity contribution in [3.05, 3.63) is 29.3 Å². The highest BCUT2D eigenvalue weighted by Gasteiger charge is 2.29. The predicted molar refractivity (Wildman–Crippen MR) is 142 cm³/mol. The van der Waals surface area contributed by atoms with Crippen LogP contribution in [0.25, 0.3) is 10.6 Å². The van der Waals surface area contributed by atoms with E-state index >= 15 is 0 Å². The van der Waals surface area contributed by atoms with Crippen molar-refractivity contribution in [2.24, 2.45) is 5.92 Å². The number of piperidine rings is 1. The molecule has 2 fully saturated rings. The Morgan fingerprint density at radius 1 is 1.09 bits per heavy atom. The van der Waals surface area contributed by atoms with Crippen molar-refractivity contribution in [2.75, 3.05) is 56.5 Å². The lowest BCUT2D eigenvalue weighted by Gasteiger charge is -2.37. The summed E-state index contributed by atoms with van der Waals surface area (Å²) in [5.41, 5.74) is 4.91. The smallest absolute Gasteiger partial charge is 0.173 e. The van der Waals surface area contributed by atoms with E-state index in [9.17, 15) is 0 Å². The van der Waals surface area contributed by atoms with E-state index in [4.69, 9.17) is 17.2 Å². The monoisotopic (exact) mass is 471 g/mol. The maximum absolute atomic E-state index is 5.96. The Bertz CT molecular complexity index is 919. The maximum Gasteiger partial charge on any atom is 0.173 e. The van der Waals surface area contributed by atoms with E-state index in [1.807, 2.05) is 6.20 Å². The van der Waals surface area contributed by atoms with Crippen LogP contribution in [-0.4, -0.2) is 66.2 Å². The molecule has 7 heteroatoms. The molecule has 0 saturated carbocycles. The molecule has 0 atom stereocenters. The van der Waals surface area contributed by atoms with Gasteiger partial charge in [0.1, 0.15) is 5.01 Å². The Morgan fingerprint density at radius 3 is 2.38 bits per heavy atom. The molecule has 32 heavy (non-hydrogen) atoms. The number of hydrogen-bond acceptors (Lipinski definition) is 5. The van der Waals surface area contributed by atoms with Gasteiger partial charge >= 0.3 is 0 Å². The molecule has 2 aliphatic rings. The number of anilines is 2. The SMILES string of the molecule is CC1CCN(c2ccc(C(C)(C)C)c(-c3nccs3)c2NC(=S)N2CCN(C)CC2)CC1. The topological polar surface area (TPSA) is 34.6 Å². The Balaban J connectivity index is 1.78. The molecule has 0 unspecified atom stereocenters. The summed E-state index contributed by atoms with van der Waals surface area (Å²) in [7, 11) is 2.18. The van der Waals surface area contributed by atoms with Crippen LogP contribution in [0.3, 0.4) is 0 Å². The molecule has 0 spiro atoms. The Labute approximate surface area is 202 Å². The molecule has 0 bridgehead atoms. The average Bonchev–Trinajstić information content (AvgIpc) is 3.28.